The molecule has 0 spiro atoms. The van der Waals surface area contributed by atoms with Gasteiger partial charge in [0.1, 0.15) is 0 Å². The van der Waals surface area contributed by atoms with E-state index in [0.717, 1.165) is 17.6 Å². The maximum atomic E-state index is 9.02. The summed E-state index contributed by atoms with van der Waals surface area (Å²) >= 11 is 0. The summed E-state index contributed by atoms with van der Waals surface area (Å²) in [5.74, 6) is 0.465. The van der Waals surface area contributed by atoms with Crippen molar-refractivity contribution in [3.05, 3.63) is 66.2 Å². The summed E-state index contributed by atoms with van der Waals surface area (Å²) in [6, 6.07) is 10.0. The molecule has 1 atom stereocenters. The van der Waals surface area contributed by atoms with Gasteiger partial charge in [-0.1, -0.05) is 75.4 Å². The number of hydrogen-bond acceptors (Lipinski definition) is 2. The molecule has 0 saturated carbocycles. The van der Waals surface area contributed by atoms with Crippen LogP contribution in [0.1, 0.15) is 25.8 Å². The van der Waals surface area contributed by atoms with Crippen molar-refractivity contribution >= 4 is 12.7 Å². The van der Waals surface area contributed by atoms with Gasteiger partial charge in [0.05, 0.1) is 0 Å². The van der Waals surface area contributed by atoms with E-state index in [1.54, 1.807) is 6.08 Å². The van der Waals surface area contributed by atoms with Gasteiger partial charge in [-0.2, -0.15) is 0 Å². The molecular weight excluding hydrogens is 235 g/mol. The second kappa shape index (κ2) is 7.77. The Hall–Kier alpha value is -1.58. The first-order chi connectivity index (χ1) is 9.04. The van der Waals surface area contributed by atoms with Crippen molar-refractivity contribution in [3.8, 4) is 0 Å². The molecule has 0 radical (unpaired) electrons. The van der Waals surface area contributed by atoms with E-state index >= 15 is 0 Å². The summed E-state index contributed by atoms with van der Waals surface area (Å²) in [7, 11) is -1.50. The fraction of sp³-hybridized carbons (Fsp3) is 0.250. The lowest BCUT2D eigenvalue weighted by Gasteiger charge is -2.07. The van der Waals surface area contributed by atoms with Crippen molar-refractivity contribution in [1.29, 1.82) is 0 Å². The molecular formula is C16H21BO2. The first-order valence-corrected chi connectivity index (χ1v) is 6.54. The van der Waals surface area contributed by atoms with Crippen LogP contribution in [-0.4, -0.2) is 17.2 Å². The van der Waals surface area contributed by atoms with Gasteiger partial charge in [0, 0.05) is 0 Å². The van der Waals surface area contributed by atoms with Crippen molar-refractivity contribution in [2.24, 2.45) is 5.92 Å². The fourth-order valence-corrected chi connectivity index (χ4v) is 1.59. The normalized spacial score (nSPS) is 13.6. The first kappa shape index (κ1) is 15.5. The van der Waals surface area contributed by atoms with Gasteiger partial charge in [-0.05, 0) is 22.5 Å². The number of benzene rings is 1. The molecule has 0 bridgehead atoms. The molecule has 2 nitrogen and oxygen atoms in total. The molecule has 1 aromatic rings. The Morgan fingerprint density at radius 2 is 1.89 bits per heavy atom. The molecule has 1 unspecified atom stereocenters. The third kappa shape index (κ3) is 5.29. The Bertz CT molecular complexity index is 461. The summed E-state index contributed by atoms with van der Waals surface area (Å²) in [4.78, 5) is 0. The average Bonchev–Trinajstić information content (AvgIpc) is 2.43. The highest BCUT2D eigenvalue weighted by Crippen LogP contribution is 2.20. The van der Waals surface area contributed by atoms with E-state index < -0.39 is 7.12 Å². The minimum Gasteiger partial charge on any atom is -0.423 e. The lowest BCUT2D eigenvalue weighted by Crippen LogP contribution is -2.12. The van der Waals surface area contributed by atoms with E-state index in [-0.39, 0.29) is 5.47 Å². The molecule has 0 fully saturated rings. The van der Waals surface area contributed by atoms with Crippen molar-refractivity contribution < 1.29 is 10.0 Å². The highest BCUT2D eigenvalue weighted by atomic mass is 16.4. The van der Waals surface area contributed by atoms with E-state index in [9.17, 15) is 0 Å². The van der Waals surface area contributed by atoms with Crippen LogP contribution in [0.25, 0.3) is 5.57 Å². The lowest BCUT2D eigenvalue weighted by molar-refractivity contribution is 0.421. The predicted octanol–water partition coefficient (Wildman–Crippen LogP) is 3.24. The van der Waals surface area contributed by atoms with Crippen LogP contribution in [0.3, 0.4) is 0 Å². The Labute approximate surface area is 115 Å². The first-order valence-electron chi connectivity index (χ1n) is 6.54. The minimum atomic E-state index is -1.50. The highest BCUT2D eigenvalue weighted by molar-refractivity contribution is 6.51. The molecule has 1 aromatic carbocycles. The smallest absolute Gasteiger partial charge is 0.423 e. The molecule has 100 valence electrons. The molecule has 0 amide bonds. The maximum absolute atomic E-state index is 9.02. The summed E-state index contributed by atoms with van der Waals surface area (Å²) in [6.07, 6.45) is 6.77. The quantitative estimate of drug-likeness (QED) is 0.606. The van der Waals surface area contributed by atoms with Gasteiger partial charge in [0.15, 0.2) is 0 Å². The van der Waals surface area contributed by atoms with Crippen molar-refractivity contribution in [2.75, 3.05) is 0 Å². The molecule has 2 N–H and O–H groups in total. The molecule has 0 aliphatic heterocycles. The van der Waals surface area contributed by atoms with Gasteiger partial charge in [-0.3, -0.25) is 0 Å². The van der Waals surface area contributed by atoms with E-state index in [4.69, 9.17) is 10.0 Å². The van der Waals surface area contributed by atoms with Crippen molar-refractivity contribution in [3.63, 3.8) is 0 Å². The third-order valence-electron chi connectivity index (χ3n) is 3.02. The van der Waals surface area contributed by atoms with Crippen LogP contribution in [0.2, 0.25) is 0 Å². The van der Waals surface area contributed by atoms with Crippen LogP contribution in [0.15, 0.2) is 60.6 Å². The Kier molecular flexibility index (Phi) is 6.33. The minimum absolute atomic E-state index is 0.283. The van der Waals surface area contributed by atoms with Crippen molar-refractivity contribution in [1.82, 2.24) is 0 Å². The zero-order chi connectivity index (χ0) is 14.3. The van der Waals surface area contributed by atoms with E-state index in [0.29, 0.717) is 5.92 Å². The third-order valence-corrected chi connectivity index (χ3v) is 3.02. The van der Waals surface area contributed by atoms with Gasteiger partial charge in [0.25, 0.3) is 0 Å². The second-order valence-electron chi connectivity index (χ2n) is 4.66. The fourth-order valence-electron chi connectivity index (χ4n) is 1.59. The van der Waals surface area contributed by atoms with Crippen LogP contribution < -0.4 is 0 Å². The summed E-state index contributed by atoms with van der Waals surface area (Å²) < 4.78 is 0. The number of allylic oxidation sites excluding steroid dienone is 5. The van der Waals surface area contributed by atoms with Gasteiger partial charge < -0.3 is 10.0 Å². The van der Waals surface area contributed by atoms with E-state index in [1.807, 2.05) is 36.4 Å². The Morgan fingerprint density at radius 1 is 1.26 bits per heavy atom. The van der Waals surface area contributed by atoms with Crippen LogP contribution in [0.5, 0.6) is 0 Å². The van der Waals surface area contributed by atoms with Gasteiger partial charge in [-0.25, -0.2) is 0 Å². The van der Waals surface area contributed by atoms with Crippen LogP contribution >= 0.6 is 0 Å². The summed E-state index contributed by atoms with van der Waals surface area (Å²) in [6.45, 7) is 7.91. The average molecular weight is 256 g/mol. The Morgan fingerprint density at radius 3 is 2.42 bits per heavy atom. The lowest BCUT2D eigenvalue weighted by atomic mass is 9.80. The number of hydrogen-bond donors (Lipinski definition) is 2. The largest absolute Gasteiger partial charge is 0.487 e. The molecule has 0 aliphatic rings. The molecule has 0 heterocycles. The van der Waals surface area contributed by atoms with Crippen LogP contribution in [0.4, 0.5) is 0 Å². The highest BCUT2D eigenvalue weighted by Gasteiger charge is 2.08. The van der Waals surface area contributed by atoms with E-state index in [2.05, 4.69) is 26.5 Å². The van der Waals surface area contributed by atoms with Gasteiger partial charge >= 0.3 is 7.12 Å². The molecule has 0 aromatic heterocycles. The zero-order valence-electron chi connectivity index (χ0n) is 11.6. The van der Waals surface area contributed by atoms with Gasteiger partial charge in [0.2, 0.25) is 0 Å². The summed E-state index contributed by atoms with van der Waals surface area (Å²) in [5.41, 5.74) is 2.46. The molecule has 19 heavy (non-hydrogen) atoms. The standard InChI is InChI=1S/C16H21BO2/c1-4-13(2)12-16(11-10-14(3)17(18)19)15-8-6-5-7-9-15/h5-13,18-19H,3-4H2,1-2H3/b11-10-,16-12+. The van der Waals surface area contributed by atoms with E-state index in [1.165, 1.54) is 0 Å². The predicted molar refractivity (Wildman–Crippen MR) is 82.3 cm³/mol. The Balaban J connectivity index is 3.01. The SMILES string of the molecule is C=C(/C=C\C(=C/C(C)CC)c1ccccc1)B(O)O. The monoisotopic (exact) mass is 256 g/mol. The van der Waals surface area contributed by atoms with Crippen LogP contribution in [0, 0.1) is 5.92 Å². The van der Waals surface area contributed by atoms with Crippen LogP contribution in [-0.2, 0) is 0 Å². The zero-order valence-corrected chi connectivity index (χ0v) is 11.6. The topological polar surface area (TPSA) is 40.5 Å². The molecule has 1 rings (SSSR count). The van der Waals surface area contributed by atoms with Crippen molar-refractivity contribution in [2.45, 2.75) is 20.3 Å². The second-order valence-corrected chi connectivity index (χ2v) is 4.66. The number of rotatable bonds is 6. The molecule has 0 saturated heterocycles. The summed E-state index contributed by atoms with van der Waals surface area (Å²) in [5, 5.41) is 18.0. The van der Waals surface area contributed by atoms with Gasteiger partial charge in [-0.15, -0.1) is 0 Å². The molecule has 3 heteroatoms. The maximum Gasteiger partial charge on any atom is 0.487 e. The molecule has 0 aliphatic carbocycles.